The van der Waals surface area contributed by atoms with E-state index in [0.717, 1.165) is 44.7 Å². The van der Waals surface area contributed by atoms with E-state index < -0.39 is 16.1 Å². The Bertz CT molecular complexity index is 5250. The van der Waals surface area contributed by atoms with E-state index in [2.05, 4.69) is 397 Å². The molecule has 15 aromatic carbocycles. The molecule has 0 spiro atoms. The minimum Gasteiger partial charge on any atom is -0.309 e. The molecule has 0 fully saturated rings. The zero-order chi connectivity index (χ0) is 62.4. The number of fused-ring (bicyclic) bond motifs is 6. The summed E-state index contributed by atoms with van der Waals surface area (Å²) in [4.78, 5) is 0. The SMILES string of the molecule is c1ccc(-c2cc(-c3ccccc3)cc([Si](c3ccccc3)(c3ccccc3)c3cc(-c4ccccc4)c(-n4c5ccc(-n6c7ccccc7c7ccccc76)cc5c5cc([Si](c6ccccc6)(c6ccccc6)c6ccccc6)ccc54)c(-c4ccccc4)c3)c2)cc1. The Kier molecular flexibility index (Phi) is 14.3. The zero-order valence-corrected chi connectivity index (χ0v) is 53.8. The number of aromatic nitrogens is 2. The van der Waals surface area contributed by atoms with Crippen LogP contribution in [0.5, 0.6) is 0 Å². The first-order chi connectivity index (χ1) is 46.6. The van der Waals surface area contributed by atoms with Gasteiger partial charge < -0.3 is 9.13 Å². The summed E-state index contributed by atoms with van der Waals surface area (Å²) in [6.07, 6.45) is 0. The lowest BCUT2D eigenvalue weighted by Gasteiger charge is -2.36. The highest BCUT2D eigenvalue weighted by atomic mass is 28.3. The van der Waals surface area contributed by atoms with Gasteiger partial charge in [-0.25, -0.2) is 0 Å². The van der Waals surface area contributed by atoms with Crippen LogP contribution in [0.15, 0.2) is 388 Å². The maximum atomic E-state index is 2.63. The van der Waals surface area contributed by atoms with Crippen molar-refractivity contribution in [2.24, 2.45) is 0 Å². The summed E-state index contributed by atoms with van der Waals surface area (Å²) in [5.74, 6) is 0. The summed E-state index contributed by atoms with van der Waals surface area (Å²) in [5, 5.41) is 15.4. The predicted molar refractivity (Wildman–Crippen MR) is 404 cm³/mol. The van der Waals surface area contributed by atoms with Crippen LogP contribution in [-0.2, 0) is 0 Å². The maximum absolute atomic E-state index is 3.39. The monoisotopic (exact) mass is 1230 g/mol. The first-order valence-corrected chi connectivity index (χ1v) is 36.6. The largest absolute Gasteiger partial charge is 0.309 e. The van der Waals surface area contributed by atoms with E-state index in [1.54, 1.807) is 0 Å². The minimum atomic E-state index is -3.39. The van der Waals surface area contributed by atoms with Crippen LogP contribution in [0.2, 0.25) is 0 Å². The van der Waals surface area contributed by atoms with E-state index in [1.165, 1.54) is 96.3 Å². The molecule has 0 aliphatic carbocycles. The molecule has 0 atom stereocenters. The molecule has 442 valence electrons. The van der Waals surface area contributed by atoms with Gasteiger partial charge in [0.05, 0.1) is 27.8 Å². The Labute approximate surface area is 550 Å². The average Bonchev–Trinajstić information content (AvgIpc) is 1.17. The molecule has 2 heterocycles. The Morgan fingerprint density at radius 1 is 0.170 bits per heavy atom. The minimum absolute atomic E-state index is 1.11. The third kappa shape index (κ3) is 9.37. The second kappa shape index (κ2) is 23.9. The molecule has 0 bridgehead atoms. The van der Waals surface area contributed by atoms with E-state index in [9.17, 15) is 0 Å². The zero-order valence-electron chi connectivity index (χ0n) is 51.8. The molecule has 0 N–H and O–H groups in total. The molecule has 94 heavy (non-hydrogen) atoms. The molecule has 0 aliphatic heterocycles. The third-order valence-electron chi connectivity index (χ3n) is 19.6. The van der Waals surface area contributed by atoms with Gasteiger partial charge in [-0.3, -0.25) is 0 Å². The fourth-order valence-corrected chi connectivity index (χ4v) is 25.1. The van der Waals surface area contributed by atoms with Crippen molar-refractivity contribution in [2.45, 2.75) is 0 Å². The van der Waals surface area contributed by atoms with E-state index >= 15 is 0 Å². The molecule has 0 amide bonds. The van der Waals surface area contributed by atoms with Crippen molar-refractivity contribution in [2.75, 3.05) is 0 Å². The van der Waals surface area contributed by atoms with Gasteiger partial charge in [-0.2, -0.15) is 0 Å². The van der Waals surface area contributed by atoms with Gasteiger partial charge in [0.25, 0.3) is 0 Å². The Balaban J connectivity index is 1.03. The summed E-state index contributed by atoms with van der Waals surface area (Å²) >= 11 is 0. The summed E-state index contributed by atoms with van der Waals surface area (Å²) in [6, 6.07) is 146. The van der Waals surface area contributed by atoms with Crippen LogP contribution in [0, 0.1) is 0 Å². The molecular weight excluding hydrogens is 1170 g/mol. The third-order valence-corrected chi connectivity index (χ3v) is 29.1. The van der Waals surface area contributed by atoms with Gasteiger partial charge in [0.2, 0.25) is 0 Å². The highest BCUT2D eigenvalue weighted by Gasteiger charge is 2.44. The quantitative estimate of drug-likeness (QED) is 0.0759. The molecule has 2 nitrogen and oxygen atoms in total. The van der Waals surface area contributed by atoms with Crippen LogP contribution in [0.25, 0.3) is 99.5 Å². The van der Waals surface area contributed by atoms with Crippen LogP contribution in [-0.4, -0.2) is 25.3 Å². The van der Waals surface area contributed by atoms with Gasteiger partial charge >= 0.3 is 0 Å². The van der Waals surface area contributed by atoms with Crippen LogP contribution in [0.4, 0.5) is 0 Å². The highest BCUT2D eigenvalue weighted by molar-refractivity contribution is 7.20. The number of para-hydroxylation sites is 2. The van der Waals surface area contributed by atoms with Crippen LogP contribution in [0.3, 0.4) is 0 Å². The predicted octanol–water partition coefficient (Wildman–Crippen LogP) is 17.3. The second-order valence-corrected chi connectivity index (χ2v) is 32.3. The van der Waals surface area contributed by atoms with Crippen molar-refractivity contribution >= 4 is 101 Å². The lowest BCUT2D eigenvalue weighted by Crippen LogP contribution is -2.74. The number of hydrogen-bond acceptors (Lipinski definition) is 0. The van der Waals surface area contributed by atoms with Crippen molar-refractivity contribution in [3.63, 3.8) is 0 Å². The standard InChI is InChI=1S/C90H64N2Si2/c1-10-32-65(33-11-1)69-58-70(66-34-12-2-13-35-66)60-78(59-69)94(75-46-24-8-25-47-75,76-48-26-9-27-49-76)79-63-82(67-36-14-3-15-37-67)90(83(64-79)68-38-16-4-17-39-68)92-88-56-54-71(91-86-52-30-28-50-80(86)81-51-29-31-53-87(81)91)61-84(88)85-62-77(55-57-89(85)92)93(72-40-18-5-19-41-72,73-42-20-6-21-43-73)74-44-22-7-23-45-74/h1-64H. The second-order valence-electron chi connectivity index (χ2n) is 24.7. The Hall–Kier alpha value is -11.7. The summed E-state index contributed by atoms with van der Waals surface area (Å²) < 4.78 is 5.11. The fourth-order valence-electron chi connectivity index (χ4n) is 15.5. The van der Waals surface area contributed by atoms with Crippen LogP contribution in [0.1, 0.15) is 0 Å². The van der Waals surface area contributed by atoms with E-state index in [-0.39, 0.29) is 0 Å². The fraction of sp³-hybridized carbons (Fsp3) is 0. The van der Waals surface area contributed by atoms with Gasteiger partial charge in [0.1, 0.15) is 0 Å². The lowest BCUT2D eigenvalue weighted by atomic mass is 9.95. The summed E-state index contributed by atoms with van der Waals surface area (Å²) in [5.41, 5.74) is 16.2. The number of nitrogens with zero attached hydrogens (tertiary/aromatic N) is 2. The maximum Gasteiger partial charge on any atom is 0.179 e. The van der Waals surface area contributed by atoms with E-state index in [4.69, 9.17) is 0 Å². The molecule has 17 rings (SSSR count). The van der Waals surface area contributed by atoms with Gasteiger partial charge in [-0.15, -0.1) is 0 Å². The summed E-state index contributed by atoms with van der Waals surface area (Å²) in [7, 11) is -6.42. The molecule has 0 radical (unpaired) electrons. The van der Waals surface area contributed by atoms with Gasteiger partial charge in [-0.05, 0) is 117 Å². The van der Waals surface area contributed by atoms with Gasteiger partial charge in [0.15, 0.2) is 16.1 Å². The molecule has 0 saturated carbocycles. The Morgan fingerprint density at radius 3 is 0.883 bits per heavy atom. The number of hydrogen-bond donors (Lipinski definition) is 0. The molecule has 2 aromatic heterocycles. The summed E-state index contributed by atoms with van der Waals surface area (Å²) in [6.45, 7) is 0. The van der Waals surface area contributed by atoms with E-state index in [0.29, 0.717) is 0 Å². The highest BCUT2D eigenvalue weighted by Crippen LogP contribution is 2.43. The molecule has 17 aromatic rings. The van der Waals surface area contributed by atoms with Crippen molar-refractivity contribution < 1.29 is 0 Å². The average molecular weight is 1230 g/mol. The van der Waals surface area contributed by atoms with Gasteiger partial charge in [0, 0.05) is 38.4 Å². The van der Waals surface area contributed by atoms with Crippen molar-refractivity contribution in [1.29, 1.82) is 0 Å². The normalized spacial score (nSPS) is 11.8. The molecule has 0 unspecified atom stereocenters. The first-order valence-electron chi connectivity index (χ1n) is 32.6. The lowest BCUT2D eigenvalue weighted by molar-refractivity contribution is 1.17. The smallest absolute Gasteiger partial charge is 0.179 e. The topological polar surface area (TPSA) is 9.86 Å². The first kappa shape index (κ1) is 56.3. The Morgan fingerprint density at radius 2 is 0.479 bits per heavy atom. The van der Waals surface area contributed by atoms with E-state index in [1.807, 2.05) is 0 Å². The molecule has 0 aliphatic rings. The van der Waals surface area contributed by atoms with Gasteiger partial charge in [-0.1, -0.05) is 346 Å². The van der Waals surface area contributed by atoms with Crippen molar-refractivity contribution in [1.82, 2.24) is 9.13 Å². The molecule has 4 heteroatoms. The number of benzene rings is 15. The molecular formula is C90H64N2Si2. The van der Waals surface area contributed by atoms with Crippen molar-refractivity contribution in [3.05, 3.63) is 388 Å². The van der Waals surface area contributed by atoms with Crippen LogP contribution < -0.4 is 41.5 Å². The van der Waals surface area contributed by atoms with Crippen molar-refractivity contribution in [3.8, 4) is 55.9 Å². The molecule has 0 saturated heterocycles. The number of rotatable bonds is 14. The van der Waals surface area contributed by atoms with Crippen LogP contribution >= 0.6 is 0 Å².